The summed E-state index contributed by atoms with van der Waals surface area (Å²) in [5.74, 6) is 1.11. The molecule has 0 fully saturated rings. The molecule has 0 saturated carbocycles. The largest absolute Gasteiger partial charge is 0.496 e. The zero-order valence-electron chi connectivity index (χ0n) is 12.1. The van der Waals surface area contributed by atoms with Crippen molar-refractivity contribution in [1.29, 1.82) is 0 Å². The number of methoxy groups -OCH3 is 1. The van der Waals surface area contributed by atoms with Crippen molar-refractivity contribution in [3.05, 3.63) is 58.6 Å². The van der Waals surface area contributed by atoms with Crippen LogP contribution in [0.3, 0.4) is 0 Å². The van der Waals surface area contributed by atoms with Gasteiger partial charge in [-0.15, -0.1) is 0 Å². The summed E-state index contributed by atoms with van der Waals surface area (Å²) in [6.07, 6.45) is 0.728. The van der Waals surface area contributed by atoms with Crippen LogP contribution in [0.5, 0.6) is 11.5 Å². The molecule has 0 spiro atoms. The molecule has 4 nitrogen and oxygen atoms in total. The van der Waals surface area contributed by atoms with E-state index in [0.29, 0.717) is 22.9 Å². The third-order valence-corrected chi connectivity index (χ3v) is 3.91. The maximum absolute atomic E-state index is 12.6. The number of benzene rings is 2. The number of rotatable bonds is 3. The van der Waals surface area contributed by atoms with Gasteiger partial charge in [0.05, 0.1) is 25.3 Å². The van der Waals surface area contributed by atoms with E-state index in [0.717, 1.165) is 17.7 Å². The zero-order chi connectivity index (χ0) is 15.5. The first-order valence-corrected chi connectivity index (χ1v) is 7.43. The monoisotopic (exact) mass is 317 g/mol. The lowest BCUT2D eigenvalue weighted by atomic mass is 10.00. The summed E-state index contributed by atoms with van der Waals surface area (Å²) < 4.78 is 10.8. The Bertz CT molecular complexity index is 702. The molecule has 0 saturated heterocycles. The van der Waals surface area contributed by atoms with Gasteiger partial charge in [0.25, 0.3) is 5.91 Å². The quantitative estimate of drug-likeness (QED) is 0.941. The van der Waals surface area contributed by atoms with Crippen molar-refractivity contribution in [2.75, 3.05) is 13.7 Å². The fraction of sp³-hybridized carbons (Fsp3) is 0.235. The number of halogens is 1. The molecule has 1 atom stereocenters. The Morgan fingerprint density at radius 1 is 1.32 bits per heavy atom. The highest BCUT2D eigenvalue weighted by Gasteiger charge is 2.24. The Kier molecular flexibility index (Phi) is 4.20. The lowest BCUT2D eigenvalue weighted by Crippen LogP contribution is -2.32. The topological polar surface area (TPSA) is 47.6 Å². The van der Waals surface area contributed by atoms with Gasteiger partial charge in [0.2, 0.25) is 0 Å². The molecule has 22 heavy (non-hydrogen) atoms. The maximum atomic E-state index is 12.6. The summed E-state index contributed by atoms with van der Waals surface area (Å²) in [6.45, 7) is 0.578. The number of hydrogen-bond donors (Lipinski definition) is 1. The number of amides is 1. The molecule has 3 rings (SSSR count). The van der Waals surface area contributed by atoms with E-state index < -0.39 is 0 Å². The molecule has 5 heteroatoms. The van der Waals surface area contributed by atoms with Gasteiger partial charge in [-0.2, -0.15) is 0 Å². The number of ether oxygens (including phenoxy) is 2. The first-order chi connectivity index (χ1) is 10.7. The Labute approximate surface area is 134 Å². The van der Waals surface area contributed by atoms with Crippen LogP contribution in [-0.2, 0) is 0 Å². The molecular weight excluding hydrogens is 302 g/mol. The van der Waals surface area contributed by atoms with Crippen molar-refractivity contribution < 1.29 is 14.3 Å². The minimum Gasteiger partial charge on any atom is -0.496 e. The molecule has 1 N–H and O–H groups in total. The summed E-state index contributed by atoms with van der Waals surface area (Å²) >= 11 is 5.99. The molecule has 0 radical (unpaired) electrons. The van der Waals surface area contributed by atoms with Crippen molar-refractivity contribution in [2.45, 2.75) is 12.5 Å². The van der Waals surface area contributed by atoms with Crippen LogP contribution in [0.25, 0.3) is 0 Å². The Morgan fingerprint density at radius 2 is 2.14 bits per heavy atom. The van der Waals surface area contributed by atoms with Gasteiger partial charge in [-0.3, -0.25) is 4.79 Å². The van der Waals surface area contributed by atoms with E-state index in [2.05, 4.69) is 5.32 Å². The molecule has 2 aromatic carbocycles. The first kappa shape index (κ1) is 14.7. The fourth-order valence-corrected chi connectivity index (χ4v) is 2.76. The molecule has 114 valence electrons. The second-order valence-electron chi connectivity index (χ2n) is 5.05. The van der Waals surface area contributed by atoms with Crippen LogP contribution >= 0.6 is 11.6 Å². The number of carbonyl (C=O) groups is 1. The average Bonchev–Trinajstić information content (AvgIpc) is 2.55. The van der Waals surface area contributed by atoms with Crippen LogP contribution in [0.15, 0.2) is 42.5 Å². The lowest BCUT2D eigenvalue weighted by Gasteiger charge is -2.26. The molecule has 2 aromatic rings. The van der Waals surface area contributed by atoms with Crippen LogP contribution in [0.2, 0.25) is 5.02 Å². The van der Waals surface area contributed by atoms with E-state index in [-0.39, 0.29) is 11.9 Å². The molecular formula is C17H16ClNO3. The maximum Gasteiger partial charge on any atom is 0.255 e. The van der Waals surface area contributed by atoms with E-state index >= 15 is 0 Å². The number of carbonyl (C=O) groups excluding carboxylic acids is 1. The highest BCUT2D eigenvalue weighted by Crippen LogP contribution is 2.32. The lowest BCUT2D eigenvalue weighted by molar-refractivity contribution is 0.0922. The van der Waals surface area contributed by atoms with Crippen molar-refractivity contribution in [2.24, 2.45) is 0 Å². The summed E-state index contributed by atoms with van der Waals surface area (Å²) in [6, 6.07) is 12.6. The average molecular weight is 318 g/mol. The van der Waals surface area contributed by atoms with Gasteiger partial charge in [-0.05, 0) is 24.3 Å². The van der Waals surface area contributed by atoms with E-state index in [1.807, 2.05) is 24.3 Å². The first-order valence-electron chi connectivity index (χ1n) is 7.05. The van der Waals surface area contributed by atoms with Gasteiger partial charge >= 0.3 is 0 Å². The zero-order valence-corrected chi connectivity index (χ0v) is 12.9. The van der Waals surface area contributed by atoms with Crippen molar-refractivity contribution in [1.82, 2.24) is 5.32 Å². The Balaban J connectivity index is 1.85. The normalized spacial score (nSPS) is 16.4. The predicted molar refractivity (Wildman–Crippen MR) is 84.8 cm³/mol. The molecule has 0 bridgehead atoms. The third kappa shape index (κ3) is 2.88. The molecule has 0 unspecified atom stereocenters. The van der Waals surface area contributed by atoms with Gasteiger partial charge < -0.3 is 14.8 Å². The minimum atomic E-state index is -0.207. The van der Waals surface area contributed by atoms with Gasteiger partial charge in [0, 0.05) is 17.0 Å². The van der Waals surface area contributed by atoms with E-state index in [1.54, 1.807) is 18.2 Å². The van der Waals surface area contributed by atoms with Crippen LogP contribution in [-0.4, -0.2) is 19.6 Å². The number of para-hydroxylation sites is 1. The standard InChI is InChI=1S/C17H16ClNO3/c1-21-15-7-6-11(18)10-13(15)17(20)19-14-8-9-22-16-5-3-2-4-12(14)16/h2-7,10,14H,8-9H2,1H3,(H,19,20)/t14-/m1/s1. The summed E-state index contributed by atoms with van der Waals surface area (Å²) in [7, 11) is 1.53. The Morgan fingerprint density at radius 3 is 2.95 bits per heavy atom. The van der Waals surface area contributed by atoms with E-state index in [9.17, 15) is 4.79 Å². The molecule has 1 aliphatic rings. The van der Waals surface area contributed by atoms with Gasteiger partial charge in [-0.25, -0.2) is 0 Å². The number of fused-ring (bicyclic) bond motifs is 1. The van der Waals surface area contributed by atoms with Crippen LogP contribution in [0.4, 0.5) is 0 Å². The second-order valence-corrected chi connectivity index (χ2v) is 5.48. The highest BCUT2D eigenvalue weighted by molar-refractivity contribution is 6.31. The highest BCUT2D eigenvalue weighted by atomic mass is 35.5. The fourth-order valence-electron chi connectivity index (χ4n) is 2.59. The minimum absolute atomic E-state index is 0.0823. The van der Waals surface area contributed by atoms with Crippen LogP contribution in [0.1, 0.15) is 28.4 Å². The van der Waals surface area contributed by atoms with Gasteiger partial charge in [0.15, 0.2) is 0 Å². The van der Waals surface area contributed by atoms with Gasteiger partial charge in [0.1, 0.15) is 11.5 Å². The van der Waals surface area contributed by atoms with E-state index in [1.165, 1.54) is 7.11 Å². The summed E-state index contributed by atoms with van der Waals surface area (Å²) in [5, 5.41) is 3.53. The number of nitrogens with one attached hydrogen (secondary N) is 1. The predicted octanol–water partition coefficient (Wildman–Crippen LogP) is 3.60. The van der Waals surface area contributed by atoms with Gasteiger partial charge in [-0.1, -0.05) is 29.8 Å². The summed E-state index contributed by atoms with van der Waals surface area (Å²) in [4.78, 5) is 12.6. The second kappa shape index (κ2) is 6.28. The number of hydrogen-bond acceptors (Lipinski definition) is 3. The molecule has 1 aliphatic heterocycles. The van der Waals surface area contributed by atoms with Crippen LogP contribution in [0, 0.1) is 0 Å². The molecule has 1 amide bonds. The van der Waals surface area contributed by atoms with Crippen molar-refractivity contribution >= 4 is 17.5 Å². The van der Waals surface area contributed by atoms with E-state index in [4.69, 9.17) is 21.1 Å². The third-order valence-electron chi connectivity index (χ3n) is 3.67. The SMILES string of the molecule is COc1ccc(Cl)cc1C(=O)N[C@@H]1CCOc2ccccc21. The van der Waals surface area contributed by atoms with Crippen LogP contribution < -0.4 is 14.8 Å². The van der Waals surface area contributed by atoms with Crippen molar-refractivity contribution in [3.8, 4) is 11.5 Å². The molecule has 0 aromatic heterocycles. The molecule has 0 aliphatic carbocycles. The summed E-state index contributed by atoms with van der Waals surface area (Å²) in [5.41, 5.74) is 1.42. The Hall–Kier alpha value is -2.20. The van der Waals surface area contributed by atoms with Crippen molar-refractivity contribution in [3.63, 3.8) is 0 Å². The molecule has 1 heterocycles. The smallest absolute Gasteiger partial charge is 0.255 e.